The molecule has 0 saturated heterocycles. The largest absolute Gasteiger partial charge is 0.362 e. The number of anilines is 2. The predicted molar refractivity (Wildman–Crippen MR) is 129 cm³/mol. The van der Waals surface area contributed by atoms with Crippen LogP contribution in [0, 0.1) is 11.7 Å². The van der Waals surface area contributed by atoms with Gasteiger partial charge in [-0.15, -0.1) is 0 Å². The summed E-state index contributed by atoms with van der Waals surface area (Å²) in [5.74, 6) is 1.26. The van der Waals surface area contributed by atoms with Gasteiger partial charge < -0.3 is 15.5 Å². The summed E-state index contributed by atoms with van der Waals surface area (Å²) in [6.07, 6.45) is 3.39. The fraction of sp³-hybridized carbons (Fsp3) is 0.375. The molecule has 1 aliphatic carbocycles. The zero-order valence-corrected chi connectivity index (χ0v) is 19.8. The number of hydrogen-bond donors (Lipinski definition) is 2. The third-order valence-corrected chi connectivity index (χ3v) is 6.50. The number of carbonyl (C=O) groups is 1. The van der Waals surface area contributed by atoms with Crippen molar-refractivity contribution in [1.29, 1.82) is 0 Å². The highest BCUT2D eigenvalue weighted by molar-refractivity contribution is 9.10. The number of carbonyl (C=O) groups excluding carboxylic acids is 1. The molecule has 1 amide bonds. The van der Waals surface area contributed by atoms with Gasteiger partial charge in [0.1, 0.15) is 11.6 Å². The highest BCUT2D eigenvalue weighted by Crippen LogP contribution is 2.28. The Morgan fingerprint density at radius 1 is 1.12 bits per heavy atom. The number of nitrogens with zero attached hydrogens (tertiary/aromatic N) is 3. The first-order valence-corrected chi connectivity index (χ1v) is 11.6. The minimum Gasteiger partial charge on any atom is -0.362 e. The maximum Gasteiger partial charge on any atom is 0.225 e. The van der Waals surface area contributed by atoms with Crippen molar-refractivity contribution < 1.29 is 9.18 Å². The van der Waals surface area contributed by atoms with Crippen molar-refractivity contribution >= 4 is 44.5 Å². The SMILES string of the molecule is CN(C)c1nc(N[C@H]2CC[C@@H](C(=O)NCc3ccc(F)c(Br)c3)CC2)nc2ccccc12. The molecule has 0 bridgehead atoms. The van der Waals surface area contributed by atoms with Gasteiger partial charge in [0, 0.05) is 38.0 Å². The van der Waals surface area contributed by atoms with Crippen molar-refractivity contribution in [2.45, 2.75) is 38.3 Å². The topological polar surface area (TPSA) is 70.2 Å². The number of aromatic nitrogens is 2. The molecular weight excluding hydrogens is 473 g/mol. The highest BCUT2D eigenvalue weighted by Gasteiger charge is 2.26. The molecule has 8 heteroatoms. The number of nitrogens with one attached hydrogen (secondary N) is 2. The van der Waals surface area contributed by atoms with Crippen LogP contribution in [-0.4, -0.2) is 36.0 Å². The maximum atomic E-state index is 13.4. The standard InChI is InChI=1S/C24H27BrFN5O/c1-31(2)22-18-5-3-4-6-21(18)29-24(30-22)28-17-10-8-16(9-11-17)23(32)27-14-15-7-12-20(26)19(25)13-15/h3-7,12-13,16-17H,8-11,14H2,1-2H3,(H,27,32)(H,28,29,30)/t16-,17+. The predicted octanol–water partition coefficient (Wildman–Crippen LogP) is 4.88. The molecule has 1 aliphatic rings. The Kier molecular flexibility index (Phi) is 6.89. The van der Waals surface area contributed by atoms with Gasteiger partial charge in [-0.05, 0) is 71.4 Å². The average Bonchev–Trinajstić information content (AvgIpc) is 2.79. The molecule has 6 nitrogen and oxygen atoms in total. The third kappa shape index (κ3) is 5.18. The van der Waals surface area contributed by atoms with Crippen molar-refractivity contribution in [3.05, 3.63) is 58.3 Å². The Hall–Kier alpha value is -2.74. The molecule has 32 heavy (non-hydrogen) atoms. The number of fused-ring (bicyclic) bond motifs is 1. The number of rotatable bonds is 6. The van der Waals surface area contributed by atoms with Crippen LogP contribution >= 0.6 is 15.9 Å². The van der Waals surface area contributed by atoms with E-state index in [0.717, 1.165) is 48.0 Å². The third-order valence-electron chi connectivity index (χ3n) is 5.89. The van der Waals surface area contributed by atoms with Gasteiger partial charge >= 0.3 is 0 Å². The van der Waals surface area contributed by atoms with E-state index in [1.807, 2.05) is 43.3 Å². The van der Waals surface area contributed by atoms with E-state index in [2.05, 4.69) is 31.5 Å². The molecule has 0 aliphatic heterocycles. The molecule has 1 fully saturated rings. The second kappa shape index (κ2) is 9.81. The van der Waals surface area contributed by atoms with E-state index in [1.165, 1.54) is 6.07 Å². The van der Waals surface area contributed by atoms with Crippen LogP contribution in [0.4, 0.5) is 16.2 Å². The summed E-state index contributed by atoms with van der Waals surface area (Å²) >= 11 is 3.18. The van der Waals surface area contributed by atoms with Crippen molar-refractivity contribution in [3.8, 4) is 0 Å². The Morgan fingerprint density at radius 2 is 1.88 bits per heavy atom. The van der Waals surface area contributed by atoms with Gasteiger partial charge in [-0.3, -0.25) is 4.79 Å². The first-order valence-electron chi connectivity index (χ1n) is 10.8. The van der Waals surface area contributed by atoms with Crippen LogP contribution in [0.3, 0.4) is 0 Å². The molecule has 0 radical (unpaired) electrons. The van der Waals surface area contributed by atoms with Gasteiger partial charge in [0.05, 0.1) is 9.99 Å². The number of benzene rings is 2. The molecule has 0 atom stereocenters. The number of hydrogen-bond acceptors (Lipinski definition) is 5. The molecular formula is C24H27BrFN5O. The van der Waals surface area contributed by atoms with E-state index < -0.39 is 0 Å². The minimum atomic E-state index is -0.306. The lowest BCUT2D eigenvalue weighted by Crippen LogP contribution is -2.36. The Balaban J connectivity index is 1.33. The maximum absolute atomic E-state index is 13.4. The second-order valence-electron chi connectivity index (χ2n) is 8.44. The number of para-hydroxylation sites is 1. The van der Waals surface area contributed by atoms with Crippen LogP contribution in [0.1, 0.15) is 31.2 Å². The van der Waals surface area contributed by atoms with E-state index in [4.69, 9.17) is 4.98 Å². The summed E-state index contributed by atoms with van der Waals surface area (Å²) in [6.45, 7) is 0.397. The smallest absolute Gasteiger partial charge is 0.225 e. The summed E-state index contributed by atoms with van der Waals surface area (Å²) in [5.41, 5.74) is 1.78. The van der Waals surface area contributed by atoms with Crippen molar-refractivity contribution in [2.75, 3.05) is 24.3 Å². The van der Waals surface area contributed by atoms with Gasteiger partial charge in [-0.2, -0.15) is 4.98 Å². The average molecular weight is 500 g/mol. The molecule has 1 aromatic heterocycles. The summed E-state index contributed by atoms with van der Waals surface area (Å²) in [7, 11) is 3.96. The van der Waals surface area contributed by atoms with E-state index in [0.29, 0.717) is 17.0 Å². The van der Waals surface area contributed by atoms with Gasteiger partial charge in [-0.1, -0.05) is 18.2 Å². The first-order chi connectivity index (χ1) is 15.4. The molecule has 0 unspecified atom stereocenters. The summed E-state index contributed by atoms with van der Waals surface area (Å²) in [6, 6.07) is 13.0. The van der Waals surface area contributed by atoms with Crippen LogP contribution in [0.15, 0.2) is 46.9 Å². The Morgan fingerprint density at radius 3 is 2.59 bits per heavy atom. The van der Waals surface area contributed by atoms with Crippen molar-refractivity contribution in [1.82, 2.24) is 15.3 Å². The van der Waals surface area contributed by atoms with Crippen LogP contribution < -0.4 is 15.5 Å². The van der Waals surface area contributed by atoms with Gasteiger partial charge in [-0.25, -0.2) is 9.37 Å². The van der Waals surface area contributed by atoms with Gasteiger partial charge in [0.2, 0.25) is 11.9 Å². The van der Waals surface area contributed by atoms with E-state index in [9.17, 15) is 9.18 Å². The van der Waals surface area contributed by atoms with Crippen molar-refractivity contribution in [2.24, 2.45) is 5.92 Å². The van der Waals surface area contributed by atoms with Crippen LogP contribution in [0.25, 0.3) is 10.9 Å². The highest BCUT2D eigenvalue weighted by atomic mass is 79.9. The lowest BCUT2D eigenvalue weighted by atomic mass is 9.85. The Labute approximate surface area is 195 Å². The molecule has 4 rings (SSSR count). The molecule has 0 spiro atoms. The monoisotopic (exact) mass is 499 g/mol. The quantitative estimate of drug-likeness (QED) is 0.505. The van der Waals surface area contributed by atoms with Crippen molar-refractivity contribution in [3.63, 3.8) is 0 Å². The first kappa shape index (κ1) is 22.5. The summed E-state index contributed by atoms with van der Waals surface area (Å²) in [4.78, 5) is 24.0. The summed E-state index contributed by atoms with van der Waals surface area (Å²) < 4.78 is 13.8. The van der Waals surface area contributed by atoms with E-state index >= 15 is 0 Å². The fourth-order valence-corrected chi connectivity index (χ4v) is 4.56. The summed E-state index contributed by atoms with van der Waals surface area (Å²) in [5, 5.41) is 7.49. The molecule has 1 heterocycles. The van der Waals surface area contributed by atoms with Crippen LogP contribution in [0.5, 0.6) is 0 Å². The molecule has 2 aromatic carbocycles. The normalized spacial score (nSPS) is 18.4. The molecule has 2 N–H and O–H groups in total. The lowest BCUT2D eigenvalue weighted by molar-refractivity contribution is -0.126. The second-order valence-corrected chi connectivity index (χ2v) is 9.30. The minimum absolute atomic E-state index is 0.00760. The molecule has 168 valence electrons. The molecule has 3 aromatic rings. The number of amides is 1. The van der Waals surface area contributed by atoms with Crippen LogP contribution in [-0.2, 0) is 11.3 Å². The van der Waals surface area contributed by atoms with E-state index in [1.54, 1.807) is 12.1 Å². The zero-order valence-electron chi connectivity index (χ0n) is 18.2. The van der Waals surface area contributed by atoms with Gasteiger partial charge in [0.25, 0.3) is 0 Å². The van der Waals surface area contributed by atoms with E-state index in [-0.39, 0.29) is 23.7 Å². The van der Waals surface area contributed by atoms with Gasteiger partial charge in [0.15, 0.2) is 0 Å². The lowest BCUT2D eigenvalue weighted by Gasteiger charge is -2.28. The zero-order chi connectivity index (χ0) is 22.7. The molecule has 1 saturated carbocycles. The Bertz CT molecular complexity index is 1110. The van der Waals surface area contributed by atoms with Crippen LogP contribution in [0.2, 0.25) is 0 Å². The number of halogens is 2. The fourth-order valence-electron chi connectivity index (χ4n) is 4.13.